The fraction of sp³-hybridized carbons (Fsp3) is 0.308. The number of aliphatic hydroxyl groups is 1. The van der Waals surface area contributed by atoms with Crippen molar-refractivity contribution in [3.05, 3.63) is 40.2 Å². The van der Waals surface area contributed by atoms with E-state index in [0.29, 0.717) is 12.3 Å². The van der Waals surface area contributed by atoms with Crippen molar-refractivity contribution >= 4 is 15.9 Å². The summed E-state index contributed by atoms with van der Waals surface area (Å²) in [4.78, 5) is 4.46. The highest BCUT2D eigenvalue weighted by atomic mass is 79.9. The molecule has 0 aliphatic heterocycles. The van der Waals surface area contributed by atoms with Crippen LogP contribution in [0.25, 0.3) is 11.5 Å². The molecular weight excluding hydrogens is 282 g/mol. The lowest BCUT2D eigenvalue weighted by atomic mass is 9.99. The summed E-state index contributed by atoms with van der Waals surface area (Å²) in [7, 11) is 0. The maximum absolute atomic E-state index is 9.58. The minimum Gasteiger partial charge on any atom is -0.441 e. The predicted octanol–water partition coefficient (Wildman–Crippen LogP) is 2.95. The average Bonchev–Trinajstić information content (AvgIpc) is 2.72. The number of benzene rings is 1. The summed E-state index contributed by atoms with van der Waals surface area (Å²) in [5.74, 6) is 1.57. The Bertz CT molecular complexity index is 533. The third-order valence-electron chi connectivity index (χ3n) is 3.00. The lowest BCUT2D eigenvalue weighted by Gasteiger charge is -2.13. The molecule has 3 rings (SSSR count). The molecule has 0 saturated carbocycles. The van der Waals surface area contributed by atoms with Crippen LogP contribution < -0.4 is 0 Å². The van der Waals surface area contributed by atoms with Crippen LogP contribution in [0.5, 0.6) is 0 Å². The number of nitrogens with zero attached hydrogens (tertiary/aromatic N) is 1. The SMILES string of the molecule is OC1CCc2oc(-c3ccc(Br)cc3)nc2C1. The molecule has 1 aromatic heterocycles. The Kier molecular flexibility index (Phi) is 2.76. The second-order valence-electron chi connectivity index (χ2n) is 4.29. The fourth-order valence-electron chi connectivity index (χ4n) is 2.08. The highest BCUT2D eigenvalue weighted by Gasteiger charge is 2.22. The van der Waals surface area contributed by atoms with Gasteiger partial charge in [-0.3, -0.25) is 0 Å². The fourth-order valence-corrected chi connectivity index (χ4v) is 2.34. The van der Waals surface area contributed by atoms with Gasteiger partial charge in [-0.1, -0.05) is 15.9 Å². The van der Waals surface area contributed by atoms with Gasteiger partial charge in [0.1, 0.15) is 5.76 Å². The third kappa shape index (κ3) is 2.15. The first-order chi connectivity index (χ1) is 8.22. The Labute approximate surface area is 108 Å². The minimum absolute atomic E-state index is 0.273. The zero-order chi connectivity index (χ0) is 11.8. The molecule has 2 aromatic rings. The number of aryl methyl sites for hydroxylation is 1. The topological polar surface area (TPSA) is 46.3 Å². The van der Waals surface area contributed by atoms with E-state index in [-0.39, 0.29) is 6.10 Å². The molecule has 0 amide bonds. The van der Waals surface area contributed by atoms with Crippen molar-refractivity contribution in [2.24, 2.45) is 0 Å². The van der Waals surface area contributed by atoms with E-state index in [9.17, 15) is 5.11 Å². The summed E-state index contributed by atoms with van der Waals surface area (Å²) in [6.07, 6.45) is 1.88. The molecule has 1 heterocycles. The zero-order valence-corrected chi connectivity index (χ0v) is 10.8. The van der Waals surface area contributed by atoms with Crippen LogP contribution in [0.15, 0.2) is 33.2 Å². The van der Waals surface area contributed by atoms with Gasteiger partial charge in [0.05, 0.1) is 11.8 Å². The molecule has 1 unspecified atom stereocenters. The summed E-state index contributed by atoms with van der Waals surface area (Å²) in [5, 5.41) is 9.58. The molecule has 1 aliphatic carbocycles. The number of fused-ring (bicyclic) bond motifs is 1. The summed E-state index contributed by atoms with van der Waals surface area (Å²) in [6.45, 7) is 0. The van der Waals surface area contributed by atoms with Crippen LogP contribution in [-0.4, -0.2) is 16.2 Å². The standard InChI is InChI=1S/C13H12BrNO2/c14-9-3-1-8(2-4-9)13-15-11-7-10(16)5-6-12(11)17-13/h1-4,10,16H,5-7H2. The Hall–Kier alpha value is -1.13. The molecule has 0 fully saturated rings. The smallest absolute Gasteiger partial charge is 0.226 e. The molecule has 1 atom stereocenters. The number of hydrogen-bond acceptors (Lipinski definition) is 3. The summed E-state index contributed by atoms with van der Waals surface area (Å²) in [5.41, 5.74) is 1.87. The lowest BCUT2D eigenvalue weighted by Crippen LogP contribution is -2.17. The maximum atomic E-state index is 9.58. The molecule has 1 aliphatic rings. The van der Waals surface area contributed by atoms with Crippen LogP contribution in [0.2, 0.25) is 0 Å². The van der Waals surface area contributed by atoms with E-state index in [4.69, 9.17) is 4.42 Å². The van der Waals surface area contributed by atoms with E-state index >= 15 is 0 Å². The molecule has 17 heavy (non-hydrogen) atoms. The van der Waals surface area contributed by atoms with Crippen LogP contribution >= 0.6 is 15.9 Å². The van der Waals surface area contributed by atoms with E-state index in [0.717, 1.165) is 34.3 Å². The monoisotopic (exact) mass is 293 g/mol. The first-order valence-electron chi connectivity index (χ1n) is 5.65. The van der Waals surface area contributed by atoms with Gasteiger partial charge in [-0.15, -0.1) is 0 Å². The largest absolute Gasteiger partial charge is 0.441 e. The van der Waals surface area contributed by atoms with Crippen LogP contribution in [0.3, 0.4) is 0 Å². The average molecular weight is 294 g/mol. The van der Waals surface area contributed by atoms with Gasteiger partial charge in [-0.2, -0.15) is 0 Å². The Balaban J connectivity index is 1.97. The number of rotatable bonds is 1. The van der Waals surface area contributed by atoms with E-state index in [2.05, 4.69) is 20.9 Å². The van der Waals surface area contributed by atoms with Crippen LogP contribution in [0.1, 0.15) is 17.9 Å². The number of aromatic nitrogens is 1. The predicted molar refractivity (Wildman–Crippen MR) is 67.7 cm³/mol. The van der Waals surface area contributed by atoms with Gasteiger partial charge in [0.2, 0.25) is 5.89 Å². The van der Waals surface area contributed by atoms with Gasteiger partial charge in [-0.05, 0) is 30.7 Å². The molecule has 0 spiro atoms. The summed E-state index contributed by atoms with van der Waals surface area (Å²) in [6, 6.07) is 7.87. The number of aliphatic hydroxyl groups excluding tert-OH is 1. The van der Waals surface area contributed by atoms with Gasteiger partial charge >= 0.3 is 0 Å². The maximum Gasteiger partial charge on any atom is 0.226 e. The third-order valence-corrected chi connectivity index (χ3v) is 3.53. The van der Waals surface area contributed by atoms with Crippen molar-refractivity contribution in [3.63, 3.8) is 0 Å². The quantitative estimate of drug-likeness (QED) is 0.879. The van der Waals surface area contributed by atoms with E-state index < -0.39 is 0 Å². The van der Waals surface area contributed by atoms with Crippen molar-refractivity contribution in [2.45, 2.75) is 25.4 Å². The minimum atomic E-state index is -0.273. The van der Waals surface area contributed by atoms with Crippen molar-refractivity contribution in [2.75, 3.05) is 0 Å². The Morgan fingerprint density at radius 1 is 1.29 bits per heavy atom. The van der Waals surface area contributed by atoms with Crippen molar-refractivity contribution in [1.29, 1.82) is 0 Å². The molecule has 1 N–H and O–H groups in total. The Morgan fingerprint density at radius 2 is 2.06 bits per heavy atom. The van der Waals surface area contributed by atoms with Gasteiger partial charge in [-0.25, -0.2) is 4.98 Å². The molecule has 1 aromatic carbocycles. The van der Waals surface area contributed by atoms with Crippen molar-refractivity contribution < 1.29 is 9.52 Å². The second-order valence-corrected chi connectivity index (χ2v) is 5.21. The first-order valence-corrected chi connectivity index (χ1v) is 6.44. The van der Waals surface area contributed by atoms with Crippen LogP contribution in [-0.2, 0) is 12.8 Å². The van der Waals surface area contributed by atoms with Crippen molar-refractivity contribution in [1.82, 2.24) is 4.98 Å². The van der Waals surface area contributed by atoms with Gasteiger partial charge in [0, 0.05) is 22.9 Å². The Morgan fingerprint density at radius 3 is 2.82 bits per heavy atom. The number of halogens is 1. The van der Waals surface area contributed by atoms with Gasteiger partial charge in [0.25, 0.3) is 0 Å². The normalized spacial score (nSPS) is 19.1. The van der Waals surface area contributed by atoms with Gasteiger partial charge < -0.3 is 9.52 Å². The van der Waals surface area contributed by atoms with E-state index in [1.807, 2.05) is 24.3 Å². The summed E-state index contributed by atoms with van der Waals surface area (Å²) < 4.78 is 6.78. The highest BCUT2D eigenvalue weighted by Crippen LogP contribution is 2.28. The first kappa shape index (κ1) is 11.0. The second kappa shape index (κ2) is 4.27. The number of oxazole rings is 1. The summed E-state index contributed by atoms with van der Waals surface area (Å²) >= 11 is 3.40. The van der Waals surface area contributed by atoms with Crippen molar-refractivity contribution in [3.8, 4) is 11.5 Å². The van der Waals surface area contributed by atoms with E-state index in [1.165, 1.54) is 0 Å². The molecule has 0 saturated heterocycles. The molecule has 0 radical (unpaired) electrons. The van der Waals surface area contributed by atoms with Crippen LogP contribution in [0.4, 0.5) is 0 Å². The van der Waals surface area contributed by atoms with Gasteiger partial charge in [0.15, 0.2) is 0 Å². The molecule has 4 heteroatoms. The van der Waals surface area contributed by atoms with E-state index in [1.54, 1.807) is 0 Å². The molecule has 88 valence electrons. The highest BCUT2D eigenvalue weighted by molar-refractivity contribution is 9.10. The molecular formula is C13H12BrNO2. The lowest BCUT2D eigenvalue weighted by molar-refractivity contribution is 0.153. The molecule has 0 bridgehead atoms. The molecule has 3 nitrogen and oxygen atoms in total. The van der Waals surface area contributed by atoms with Crippen LogP contribution in [0, 0.1) is 0 Å². The zero-order valence-electron chi connectivity index (χ0n) is 9.19. The number of hydrogen-bond donors (Lipinski definition) is 1.